The molecule has 0 saturated carbocycles. The van der Waals surface area contributed by atoms with Gasteiger partial charge in [-0.2, -0.15) is 9.97 Å². The molecule has 1 unspecified atom stereocenters. The predicted molar refractivity (Wildman–Crippen MR) is 70.4 cm³/mol. The quantitative estimate of drug-likeness (QED) is 0.688. The minimum absolute atomic E-state index is 0.00318. The van der Waals surface area contributed by atoms with Gasteiger partial charge in [-0.3, -0.25) is 4.79 Å². The summed E-state index contributed by atoms with van der Waals surface area (Å²) in [5.74, 6) is 1.57. The van der Waals surface area contributed by atoms with Gasteiger partial charge in [0.15, 0.2) is 0 Å². The van der Waals surface area contributed by atoms with Gasteiger partial charge in [0.2, 0.25) is 11.9 Å². The molecule has 18 heavy (non-hydrogen) atoms. The van der Waals surface area contributed by atoms with Crippen LogP contribution in [0.15, 0.2) is 6.07 Å². The number of carbonyl (C=O) groups is 1. The van der Waals surface area contributed by atoms with Crippen molar-refractivity contribution in [1.29, 1.82) is 0 Å². The molecule has 0 radical (unpaired) electrons. The molecule has 0 spiro atoms. The van der Waals surface area contributed by atoms with E-state index in [0.29, 0.717) is 18.2 Å². The number of nitrogens with zero attached hydrogens (tertiary/aromatic N) is 3. The van der Waals surface area contributed by atoms with E-state index in [-0.39, 0.29) is 17.9 Å². The fraction of sp³-hybridized carbons (Fsp3) is 0.545. The van der Waals surface area contributed by atoms with E-state index in [0.717, 1.165) is 13.1 Å². The average molecular weight is 250 g/mol. The Morgan fingerprint density at radius 1 is 1.61 bits per heavy atom. The number of hydrogen-bond acceptors (Lipinski definition) is 6. The van der Waals surface area contributed by atoms with Crippen LogP contribution in [0.1, 0.15) is 13.8 Å². The van der Waals surface area contributed by atoms with Crippen LogP contribution in [0.25, 0.3) is 0 Å². The minimum Gasteiger partial charge on any atom is -0.370 e. The van der Waals surface area contributed by atoms with Crippen LogP contribution in [0.2, 0.25) is 0 Å². The molecule has 1 fully saturated rings. The first kappa shape index (κ1) is 12.4. The smallest absolute Gasteiger partial charge is 0.242 e. The summed E-state index contributed by atoms with van der Waals surface area (Å²) in [6.45, 7) is 5.92. The number of carbonyl (C=O) groups excluding carboxylic acids is 1. The highest BCUT2D eigenvalue weighted by atomic mass is 16.2. The van der Waals surface area contributed by atoms with Crippen LogP contribution in [-0.4, -0.2) is 41.6 Å². The Labute approximate surface area is 106 Å². The summed E-state index contributed by atoms with van der Waals surface area (Å²) in [7, 11) is 0. The second-order valence-electron chi connectivity index (χ2n) is 4.16. The first-order chi connectivity index (χ1) is 8.61. The third-order valence-electron chi connectivity index (χ3n) is 2.88. The van der Waals surface area contributed by atoms with Crippen molar-refractivity contribution in [3.8, 4) is 0 Å². The van der Waals surface area contributed by atoms with Crippen LogP contribution in [0.4, 0.5) is 17.6 Å². The second kappa shape index (κ2) is 5.07. The molecule has 7 heteroatoms. The lowest BCUT2D eigenvalue weighted by molar-refractivity contribution is -0.122. The number of nitrogens with two attached hydrogens (primary N) is 1. The Bertz CT molecular complexity index is 449. The molecule has 1 aromatic heterocycles. The molecule has 1 aliphatic heterocycles. The summed E-state index contributed by atoms with van der Waals surface area (Å²) < 4.78 is 0. The molecule has 1 aromatic rings. The maximum atomic E-state index is 11.6. The van der Waals surface area contributed by atoms with Gasteiger partial charge in [-0.05, 0) is 13.8 Å². The summed E-state index contributed by atoms with van der Waals surface area (Å²) in [4.78, 5) is 21.8. The van der Waals surface area contributed by atoms with E-state index in [1.807, 2.05) is 24.8 Å². The lowest BCUT2D eigenvalue weighted by Crippen LogP contribution is -2.54. The molecular formula is C11H18N6O. The van der Waals surface area contributed by atoms with E-state index >= 15 is 0 Å². The van der Waals surface area contributed by atoms with E-state index < -0.39 is 0 Å². The van der Waals surface area contributed by atoms with Gasteiger partial charge >= 0.3 is 0 Å². The molecule has 4 N–H and O–H groups in total. The topological polar surface area (TPSA) is 96.2 Å². The van der Waals surface area contributed by atoms with Gasteiger partial charge in [0, 0.05) is 25.7 Å². The molecule has 0 aromatic carbocycles. The third-order valence-corrected chi connectivity index (χ3v) is 2.88. The Balaban J connectivity index is 2.28. The largest absolute Gasteiger partial charge is 0.370 e. The second-order valence-corrected chi connectivity index (χ2v) is 4.16. The SMILES string of the molecule is CCNc1cc(N2CCNC(=O)C2C)nc(N)n1. The van der Waals surface area contributed by atoms with Crippen LogP contribution in [0, 0.1) is 0 Å². The molecule has 1 saturated heterocycles. The number of amides is 1. The third kappa shape index (κ3) is 2.44. The van der Waals surface area contributed by atoms with Gasteiger partial charge in [-0.25, -0.2) is 0 Å². The summed E-state index contributed by atoms with van der Waals surface area (Å²) in [5.41, 5.74) is 5.69. The lowest BCUT2D eigenvalue weighted by Gasteiger charge is -2.33. The molecular weight excluding hydrogens is 232 g/mol. The monoisotopic (exact) mass is 250 g/mol. The van der Waals surface area contributed by atoms with Gasteiger partial charge in [0.05, 0.1) is 0 Å². The molecule has 0 aliphatic carbocycles. The van der Waals surface area contributed by atoms with E-state index in [2.05, 4.69) is 20.6 Å². The Morgan fingerprint density at radius 2 is 2.39 bits per heavy atom. The number of rotatable bonds is 3. The highest BCUT2D eigenvalue weighted by Gasteiger charge is 2.26. The highest BCUT2D eigenvalue weighted by Crippen LogP contribution is 2.20. The molecule has 7 nitrogen and oxygen atoms in total. The first-order valence-electron chi connectivity index (χ1n) is 6.04. The van der Waals surface area contributed by atoms with Gasteiger partial charge in [0.1, 0.15) is 17.7 Å². The standard InChI is InChI=1S/C11H18N6O/c1-3-13-8-6-9(16-11(12)15-8)17-5-4-14-10(18)7(17)2/h6-7H,3-5H2,1-2H3,(H,14,18)(H3,12,13,15,16). The maximum absolute atomic E-state index is 11.6. The first-order valence-corrected chi connectivity index (χ1v) is 6.04. The molecule has 2 heterocycles. The van der Waals surface area contributed by atoms with Crippen LogP contribution in [0.3, 0.4) is 0 Å². The fourth-order valence-corrected chi connectivity index (χ4v) is 1.97. The summed E-state index contributed by atoms with van der Waals surface area (Å²) >= 11 is 0. The van der Waals surface area contributed by atoms with E-state index in [4.69, 9.17) is 5.73 Å². The zero-order valence-electron chi connectivity index (χ0n) is 10.6. The maximum Gasteiger partial charge on any atom is 0.242 e. The number of piperazine rings is 1. The summed E-state index contributed by atoms with van der Waals surface area (Å²) in [6.07, 6.45) is 0. The normalized spacial score (nSPS) is 19.6. The Morgan fingerprint density at radius 3 is 3.11 bits per heavy atom. The fourth-order valence-electron chi connectivity index (χ4n) is 1.97. The van der Waals surface area contributed by atoms with Gasteiger partial charge in [-0.1, -0.05) is 0 Å². The molecule has 2 rings (SSSR count). The van der Waals surface area contributed by atoms with E-state index in [1.165, 1.54) is 0 Å². The summed E-state index contributed by atoms with van der Waals surface area (Å²) in [5, 5.41) is 5.91. The van der Waals surface area contributed by atoms with Crippen molar-refractivity contribution in [3.05, 3.63) is 6.07 Å². The minimum atomic E-state index is -0.248. The molecule has 98 valence electrons. The van der Waals surface area contributed by atoms with Crippen LogP contribution >= 0.6 is 0 Å². The van der Waals surface area contributed by atoms with Crippen molar-refractivity contribution >= 4 is 23.5 Å². The number of nitrogens with one attached hydrogen (secondary N) is 2. The number of hydrogen-bond donors (Lipinski definition) is 3. The Kier molecular flexibility index (Phi) is 3.50. The van der Waals surface area contributed by atoms with Crippen molar-refractivity contribution in [2.24, 2.45) is 0 Å². The number of aromatic nitrogens is 2. The molecule has 1 atom stereocenters. The molecule has 1 amide bonds. The van der Waals surface area contributed by atoms with Gasteiger partial charge < -0.3 is 21.3 Å². The molecule has 1 aliphatic rings. The van der Waals surface area contributed by atoms with Crippen molar-refractivity contribution < 1.29 is 4.79 Å². The number of nitrogen functional groups attached to an aromatic ring is 1. The average Bonchev–Trinajstić information content (AvgIpc) is 2.32. The molecule has 0 bridgehead atoms. The van der Waals surface area contributed by atoms with Gasteiger partial charge in [0.25, 0.3) is 0 Å². The van der Waals surface area contributed by atoms with E-state index in [1.54, 1.807) is 0 Å². The zero-order valence-corrected chi connectivity index (χ0v) is 10.6. The summed E-state index contributed by atoms with van der Waals surface area (Å²) in [6, 6.07) is 1.57. The van der Waals surface area contributed by atoms with Crippen LogP contribution in [-0.2, 0) is 4.79 Å². The van der Waals surface area contributed by atoms with Crippen molar-refractivity contribution in [2.45, 2.75) is 19.9 Å². The highest BCUT2D eigenvalue weighted by molar-refractivity contribution is 5.85. The van der Waals surface area contributed by atoms with Crippen molar-refractivity contribution in [2.75, 3.05) is 35.6 Å². The van der Waals surface area contributed by atoms with Crippen LogP contribution in [0.5, 0.6) is 0 Å². The number of anilines is 3. The van der Waals surface area contributed by atoms with Crippen molar-refractivity contribution in [1.82, 2.24) is 15.3 Å². The van der Waals surface area contributed by atoms with Gasteiger partial charge in [-0.15, -0.1) is 0 Å². The van der Waals surface area contributed by atoms with Crippen LogP contribution < -0.4 is 21.3 Å². The zero-order chi connectivity index (χ0) is 13.1. The Hall–Kier alpha value is -2.05. The lowest BCUT2D eigenvalue weighted by atomic mass is 10.2. The van der Waals surface area contributed by atoms with E-state index in [9.17, 15) is 4.79 Å². The van der Waals surface area contributed by atoms with Crippen molar-refractivity contribution in [3.63, 3.8) is 0 Å². The predicted octanol–water partition coefficient (Wildman–Crippen LogP) is -0.185.